The van der Waals surface area contributed by atoms with Gasteiger partial charge in [-0.05, 0) is 34.9 Å². The van der Waals surface area contributed by atoms with Crippen molar-refractivity contribution in [2.75, 3.05) is 32.7 Å². The SMILES string of the molecule is CC(C)c1ccc(CN2CCN(C(=O)CCCNC(=O)c3ccsc3)CC2)cc1. The Morgan fingerprint density at radius 2 is 1.79 bits per heavy atom. The fourth-order valence-electron chi connectivity index (χ4n) is 3.52. The second kappa shape index (κ2) is 10.6. The number of piperazine rings is 1. The third-order valence-electron chi connectivity index (χ3n) is 5.41. The normalized spacial score (nSPS) is 14.9. The molecule has 1 aromatic heterocycles. The van der Waals surface area contributed by atoms with Crippen LogP contribution in [0.15, 0.2) is 41.1 Å². The standard InChI is InChI=1S/C23H31N3O2S/c1-18(2)20-7-5-19(6-8-20)16-25-11-13-26(14-12-25)22(27)4-3-10-24-23(28)21-9-15-29-17-21/h5-9,15,17-18H,3-4,10-14,16H2,1-2H3,(H,24,28). The molecule has 0 bridgehead atoms. The second-order valence-electron chi connectivity index (χ2n) is 7.92. The maximum atomic E-state index is 12.4. The van der Waals surface area contributed by atoms with Crippen LogP contribution in [0.25, 0.3) is 0 Å². The van der Waals surface area contributed by atoms with Gasteiger partial charge in [0.2, 0.25) is 5.91 Å². The monoisotopic (exact) mass is 413 g/mol. The predicted molar refractivity (Wildman–Crippen MR) is 118 cm³/mol. The lowest BCUT2D eigenvalue weighted by Gasteiger charge is -2.35. The molecule has 1 N–H and O–H groups in total. The largest absolute Gasteiger partial charge is 0.352 e. The number of hydrogen-bond donors (Lipinski definition) is 1. The summed E-state index contributed by atoms with van der Waals surface area (Å²) < 4.78 is 0. The molecule has 1 aliphatic rings. The van der Waals surface area contributed by atoms with Crippen molar-refractivity contribution < 1.29 is 9.59 Å². The number of nitrogens with zero attached hydrogens (tertiary/aromatic N) is 2. The van der Waals surface area contributed by atoms with Gasteiger partial charge in [-0.15, -0.1) is 0 Å². The molecule has 2 heterocycles. The zero-order valence-electron chi connectivity index (χ0n) is 17.4. The Bertz CT molecular complexity index is 779. The van der Waals surface area contributed by atoms with Gasteiger partial charge in [0.15, 0.2) is 0 Å². The summed E-state index contributed by atoms with van der Waals surface area (Å²) >= 11 is 1.51. The van der Waals surface area contributed by atoms with E-state index in [2.05, 4.69) is 48.3 Å². The van der Waals surface area contributed by atoms with E-state index < -0.39 is 0 Å². The van der Waals surface area contributed by atoms with Gasteiger partial charge in [-0.3, -0.25) is 14.5 Å². The van der Waals surface area contributed by atoms with E-state index in [1.807, 2.05) is 21.7 Å². The van der Waals surface area contributed by atoms with Crippen LogP contribution in [0.5, 0.6) is 0 Å². The van der Waals surface area contributed by atoms with Gasteiger partial charge >= 0.3 is 0 Å². The Kier molecular flexibility index (Phi) is 7.83. The Hall–Kier alpha value is -2.18. The van der Waals surface area contributed by atoms with Crippen LogP contribution in [0, 0.1) is 0 Å². The van der Waals surface area contributed by atoms with Crippen molar-refractivity contribution in [1.82, 2.24) is 15.1 Å². The Morgan fingerprint density at radius 1 is 1.07 bits per heavy atom. The molecule has 0 spiro atoms. The molecular weight excluding hydrogens is 382 g/mol. The van der Waals surface area contributed by atoms with Gasteiger partial charge in [-0.1, -0.05) is 38.1 Å². The van der Waals surface area contributed by atoms with Crippen LogP contribution in [0.2, 0.25) is 0 Å². The van der Waals surface area contributed by atoms with E-state index in [0.717, 1.165) is 32.7 Å². The van der Waals surface area contributed by atoms with Crippen molar-refractivity contribution in [3.63, 3.8) is 0 Å². The molecule has 0 unspecified atom stereocenters. The highest BCUT2D eigenvalue weighted by atomic mass is 32.1. The molecule has 1 aromatic carbocycles. The molecule has 1 fully saturated rings. The molecule has 3 rings (SSSR count). The number of hydrogen-bond acceptors (Lipinski definition) is 4. The summed E-state index contributed by atoms with van der Waals surface area (Å²) in [6.07, 6.45) is 1.16. The fraction of sp³-hybridized carbons (Fsp3) is 0.478. The maximum Gasteiger partial charge on any atom is 0.252 e. The summed E-state index contributed by atoms with van der Waals surface area (Å²) in [5.41, 5.74) is 3.39. The van der Waals surface area contributed by atoms with Gasteiger partial charge in [0.1, 0.15) is 0 Å². The van der Waals surface area contributed by atoms with E-state index in [-0.39, 0.29) is 11.8 Å². The van der Waals surface area contributed by atoms with Crippen LogP contribution in [0.4, 0.5) is 0 Å². The third kappa shape index (κ3) is 6.41. The predicted octanol–water partition coefficient (Wildman–Crippen LogP) is 3.73. The minimum Gasteiger partial charge on any atom is -0.352 e. The Morgan fingerprint density at radius 3 is 2.41 bits per heavy atom. The van der Waals surface area contributed by atoms with E-state index in [1.165, 1.54) is 22.5 Å². The first-order chi connectivity index (χ1) is 14.0. The van der Waals surface area contributed by atoms with Crippen molar-refractivity contribution in [3.8, 4) is 0 Å². The quantitative estimate of drug-likeness (QED) is 0.671. The first-order valence-corrected chi connectivity index (χ1v) is 11.4. The fourth-order valence-corrected chi connectivity index (χ4v) is 4.15. The van der Waals surface area contributed by atoms with Gasteiger partial charge in [-0.25, -0.2) is 0 Å². The summed E-state index contributed by atoms with van der Waals surface area (Å²) in [7, 11) is 0. The van der Waals surface area contributed by atoms with Crippen molar-refractivity contribution in [3.05, 3.63) is 57.8 Å². The van der Waals surface area contributed by atoms with E-state index in [0.29, 0.717) is 30.9 Å². The number of benzene rings is 1. The zero-order chi connectivity index (χ0) is 20.6. The van der Waals surface area contributed by atoms with Gasteiger partial charge in [-0.2, -0.15) is 11.3 Å². The molecule has 0 radical (unpaired) electrons. The number of carbonyl (C=O) groups is 2. The minimum absolute atomic E-state index is 0.0614. The third-order valence-corrected chi connectivity index (χ3v) is 6.10. The van der Waals surface area contributed by atoms with Crippen LogP contribution in [0.1, 0.15) is 54.1 Å². The van der Waals surface area contributed by atoms with E-state index in [9.17, 15) is 9.59 Å². The molecule has 2 aromatic rings. The summed E-state index contributed by atoms with van der Waals surface area (Å²) in [5.74, 6) is 0.687. The number of thiophene rings is 1. The van der Waals surface area contributed by atoms with Crippen LogP contribution < -0.4 is 5.32 Å². The lowest BCUT2D eigenvalue weighted by molar-refractivity contribution is -0.133. The lowest BCUT2D eigenvalue weighted by atomic mass is 10.0. The average Bonchev–Trinajstić information content (AvgIpc) is 3.27. The van der Waals surface area contributed by atoms with Gasteiger partial charge in [0.25, 0.3) is 5.91 Å². The molecule has 5 nitrogen and oxygen atoms in total. The van der Waals surface area contributed by atoms with Crippen LogP contribution in [-0.4, -0.2) is 54.3 Å². The average molecular weight is 414 g/mol. The highest BCUT2D eigenvalue weighted by Gasteiger charge is 2.20. The molecule has 156 valence electrons. The number of carbonyl (C=O) groups excluding carboxylic acids is 2. The highest BCUT2D eigenvalue weighted by Crippen LogP contribution is 2.16. The lowest BCUT2D eigenvalue weighted by Crippen LogP contribution is -2.48. The summed E-state index contributed by atoms with van der Waals surface area (Å²) in [4.78, 5) is 28.7. The van der Waals surface area contributed by atoms with Crippen LogP contribution >= 0.6 is 11.3 Å². The number of amides is 2. The molecule has 0 atom stereocenters. The maximum absolute atomic E-state index is 12.4. The molecule has 0 aliphatic carbocycles. The Labute approximate surface area is 177 Å². The second-order valence-corrected chi connectivity index (χ2v) is 8.70. The molecule has 0 saturated carbocycles. The highest BCUT2D eigenvalue weighted by molar-refractivity contribution is 7.08. The first kappa shape index (κ1) is 21.5. The van der Waals surface area contributed by atoms with Crippen molar-refractivity contribution >= 4 is 23.2 Å². The van der Waals surface area contributed by atoms with Gasteiger partial charge < -0.3 is 10.2 Å². The summed E-state index contributed by atoms with van der Waals surface area (Å²) in [5, 5.41) is 6.60. The molecular formula is C23H31N3O2S. The van der Waals surface area contributed by atoms with Crippen LogP contribution in [0.3, 0.4) is 0 Å². The van der Waals surface area contributed by atoms with Gasteiger partial charge in [0, 0.05) is 56.6 Å². The Balaban J connectivity index is 1.33. The number of rotatable bonds is 8. The molecule has 6 heteroatoms. The number of nitrogens with one attached hydrogen (secondary N) is 1. The molecule has 29 heavy (non-hydrogen) atoms. The molecule has 1 saturated heterocycles. The summed E-state index contributed by atoms with van der Waals surface area (Å²) in [6.45, 7) is 9.28. The summed E-state index contributed by atoms with van der Waals surface area (Å²) in [6, 6.07) is 10.7. The van der Waals surface area contributed by atoms with E-state index >= 15 is 0 Å². The van der Waals surface area contributed by atoms with Crippen molar-refractivity contribution in [1.29, 1.82) is 0 Å². The smallest absolute Gasteiger partial charge is 0.252 e. The van der Waals surface area contributed by atoms with Gasteiger partial charge in [0.05, 0.1) is 0 Å². The topological polar surface area (TPSA) is 52.6 Å². The van der Waals surface area contributed by atoms with Crippen molar-refractivity contribution in [2.24, 2.45) is 0 Å². The first-order valence-electron chi connectivity index (χ1n) is 10.4. The molecule has 1 aliphatic heterocycles. The molecule has 2 amide bonds. The van der Waals surface area contributed by atoms with E-state index in [4.69, 9.17) is 0 Å². The zero-order valence-corrected chi connectivity index (χ0v) is 18.2. The van der Waals surface area contributed by atoms with Crippen LogP contribution in [-0.2, 0) is 11.3 Å². The van der Waals surface area contributed by atoms with Crippen molar-refractivity contribution in [2.45, 2.75) is 39.2 Å². The van der Waals surface area contributed by atoms with E-state index in [1.54, 1.807) is 0 Å². The minimum atomic E-state index is -0.0614.